The van der Waals surface area contributed by atoms with E-state index >= 15 is 0 Å². The number of carbonyl (C=O) groups excluding carboxylic acids is 7. The number of primary amides is 1. The van der Waals surface area contributed by atoms with Gasteiger partial charge < -0.3 is 42.4 Å². The number of carbonyl (C=O) groups is 7. The summed E-state index contributed by atoms with van der Waals surface area (Å²) in [6.45, 7) is 13.1. The van der Waals surface area contributed by atoms with Crippen molar-refractivity contribution in [2.75, 3.05) is 36.1 Å². The van der Waals surface area contributed by atoms with E-state index in [4.69, 9.17) is 10.5 Å². The number of hydrogen-bond donors (Lipinski definition) is 7. The number of thiophene rings is 2. The van der Waals surface area contributed by atoms with Gasteiger partial charge in [0, 0.05) is 49.0 Å². The van der Waals surface area contributed by atoms with Crippen molar-refractivity contribution in [1.82, 2.24) is 20.9 Å². The number of nitrogens with one attached hydrogen (secondary N) is 6. The molecule has 3 unspecified atom stereocenters. The SMILES string of the molecule is CCCCC(C)C1CC(=O)N(CCCCCC(=O)NC(C(=O)N[C@@H](CCCNC(N)=O)C(=O)Nc2ccc(CNc3sc(-c4ccc(OC)c(NC(=O)c5cccs5)c4)cc3C(C)C)cc2)C(C)C)C1=O. The summed E-state index contributed by atoms with van der Waals surface area (Å²) in [6.07, 6.45) is 5.65. The van der Waals surface area contributed by atoms with Gasteiger partial charge in [0.05, 0.1) is 22.7 Å². The van der Waals surface area contributed by atoms with E-state index in [1.54, 1.807) is 50.5 Å². The highest BCUT2D eigenvalue weighted by molar-refractivity contribution is 7.19. The third-order valence-electron chi connectivity index (χ3n) is 12.7. The number of anilines is 3. The molecular weight excluding hydrogens is 941 g/mol. The van der Waals surface area contributed by atoms with E-state index in [-0.39, 0.29) is 73.1 Å². The second kappa shape index (κ2) is 27.4. The largest absolute Gasteiger partial charge is 0.495 e. The number of benzene rings is 2. The van der Waals surface area contributed by atoms with E-state index in [1.165, 1.54) is 16.2 Å². The Kier molecular flexibility index (Phi) is 21.5. The van der Waals surface area contributed by atoms with Crippen LogP contribution in [0.4, 0.5) is 21.2 Å². The first kappa shape index (κ1) is 55.7. The molecule has 71 heavy (non-hydrogen) atoms. The van der Waals surface area contributed by atoms with Crippen LogP contribution in [0.3, 0.4) is 0 Å². The number of amides is 8. The van der Waals surface area contributed by atoms with Crippen LogP contribution in [0.1, 0.15) is 132 Å². The van der Waals surface area contributed by atoms with Gasteiger partial charge >= 0.3 is 6.03 Å². The molecule has 1 fully saturated rings. The second-order valence-corrected chi connectivity index (χ2v) is 20.8. The maximum Gasteiger partial charge on any atom is 0.312 e. The molecule has 18 heteroatoms. The fourth-order valence-corrected chi connectivity index (χ4v) is 10.3. The standard InChI is InChI=1S/C53H72N8O8S2/c1-8-9-15-34(6)39-30-46(63)61(52(39)67)26-12-10-11-18-45(62)60-47(33(4)5)50(66)58-40(16-13-25-55-53(54)68)48(64)57-37-22-19-35(20-23-37)31-56-51-38(32(2)3)29-44(71-51)36-21-24-42(69-7)41(28-36)59-49(65)43-17-14-27-70-43/h14,17,19-24,27-29,32-34,39-40,47,56H,8-13,15-16,18,25-26,30-31H2,1-7H3,(H,57,64)(H,58,66)(H,59,65)(H,60,62)(H3,54,55,68)/t34?,39?,40-,47?/m0/s1. The van der Waals surface area contributed by atoms with Gasteiger partial charge in [0.25, 0.3) is 5.91 Å². The number of unbranched alkanes of at least 4 members (excludes halogenated alkanes) is 3. The van der Waals surface area contributed by atoms with Gasteiger partial charge in [-0.05, 0) is 114 Å². The molecule has 0 saturated carbocycles. The predicted octanol–water partition coefficient (Wildman–Crippen LogP) is 9.25. The fraction of sp³-hybridized carbons (Fsp3) is 0.491. The molecule has 2 aromatic heterocycles. The smallest absolute Gasteiger partial charge is 0.312 e. The average molecular weight is 1010 g/mol. The van der Waals surface area contributed by atoms with Crippen molar-refractivity contribution in [3.8, 4) is 16.2 Å². The van der Waals surface area contributed by atoms with Crippen LogP contribution in [0, 0.1) is 17.8 Å². The molecular formula is C53H72N8O8S2. The molecule has 5 rings (SSSR count). The molecule has 0 aliphatic carbocycles. The van der Waals surface area contributed by atoms with Gasteiger partial charge in [-0.15, -0.1) is 22.7 Å². The molecule has 3 heterocycles. The molecule has 4 atom stereocenters. The summed E-state index contributed by atoms with van der Waals surface area (Å²) in [6, 6.07) is 16.3. The molecule has 384 valence electrons. The zero-order chi connectivity index (χ0) is 51.6. The summed E-state index contributed by atoms with van der Waals surface area (Å²) in [4.78, 5) is 93.5. The molecule has 1 aliphatic rings. The molecule has 4 aromatic rings. The topological polar surface area (TPSA) is 230 Å². The summed E-state index contributed by atoms with van der Waals surface area (Å²) < 4.78 is 5.56. The van der Waals surface area contributed by atoms with E-state index in [2.05, 4.69) is 58.7 Å². The highest BCUT2D eigenvalue weighted by atomic mass is 32.1. The van der Waals surface area contributed by atoms with Gasteiger partial charge in [0.2, 0.25) is 29.5 Å². The Balaban J connectivity index is 1.15. The van der Waals surface area contributed by atoms with Crippen LogP contribution < -0.4 is 42.4 Å². The fourth-order valence-electron chi connectivity index (χ4n) is 8.46. The Morgan fingerprint density at radius 1 is 0.859 bits per heavy atom. The van der Waals surface area contributed by atoms with Crippen molar-refractivity contribution >= 4 is 80.5 Å². The molecule has 0 bridgehead atoms. The molecule has 2 aromatic carbocycles. The summed E-state index contributed by atoms with van der Waals surface area (Å²) in [7, 11) is 1.57. The Labute approximate surface area is 426 Å². The highest BCUT2D eigenvalue weighted by Gasteiger charge is 2.40. The number of imide groups is 1. The Hall–Kier alpha value is -6.27. The molecule has 1 saturated heterocycles. The van der Waals surface area contributed by atoms with Gasteiger partial charge in [-0.25, -0.2) is 4.79 Å². The minimum Gasteiger partial charge on any atom is -0.495 e. The number of urea groups is 1. The third kappa shape index (κ3) is 16.4. The Morgan fingerprint density at radius 2 is 1.62 bits per heavy atom. The number of hydrogen-bond acceptors (Lipinski definition) is 11. The number of methoxy groups -OCH3 is 1. The average Bonchev–Trinajstić information content (AvgIpc) is 4.10. The minimum atomic E-state index is -0.997. The van der Waals surface area contributed by atoms with Crippen LogP contribution in [0.5, 0.6) is 5.75 Å². The van der Waals surface area contributed by atoms with E-state index in [9.17, 15) is 33.6 Å². The minimum absolute atomic E-state index is 0.0909. The lowest BCUT2D eigenvalue weighted by Crippen LogP contribution is -2.54. The zero-order valence-electron chi connectivity index (χ0n) is 42.1. The number of nitrogens with zero attached hydrogens (tertiary/aromatic N) is 1. The van der Waals surface area contributed by atoms with Gasteiger partial charge in [0.15, 0.2) is 0 Å². The van der Waals surface area contributed by atoms with Crippen molar-refractivity contribution in [1.29, 1.82) is 0 Å². The molecule has 16 nitrogen and oxygen atoms in total. The van der Waals surface area contributed by atoms with Gasteiger partial charge in [0.1, 0.15) is 17.8 Å². The Bertz CT molecular complexity index is 2440. The van der Waals surface area contributed by atoms with Gasteiger partial charge in [-0.1, -0.05) is 79.0 Å². The van der Waals surface area contributed by atoms with Crippen molar-refractivity contribution in [3.05, 3.63) is 82.0 Å². The maximum absolute atomic E-state index is 13.8. The van der Waals surface area contributed by atoms with Crippen LogP contribution in [0.25, 0.3) is 10.4 Å². The van der Waals surface area contributed by atoms with Crippen molar-refractivity contribution < 1.29 is 38.3 Å². The van der Waals surface area contributed by atoms with Crippen LogP contribution in [-0.4, -0.2) is 78.7 Å². The van der Waals surface area contributed by atoms with E-state index in [1.807, 2.05) is 48.7 Å². The number of ether oxygens (including phenoxy) is 1. The summed E-state index contributed by atoms with van der Waals surface area (Å²) in [5.41, 5.74) is 9.40. The van der Waals surface area contributed by atoms with Crippen molar-refractivity contribution in [2.24, 2.45) is 23.5 Å². The lowest BCUT2D eigenvalue weighted by atomic mass is 9.88. The monoisotopic (exact) mass is 1010 g/mol. The highest BCUT2D eigenvalue weighted by Crippen LogP contribution is 2.41. The summed E-state index contributed by atoms with van der Waals surface area (Å²) >= 11 is 2.99. The lowest BCUT2D eigenvalue weighted by molar-refractivity contribution is -0.140. The maximum atomic E-state index is 13.8. The van der Waals surface area contributed by atoms with Crippen LogP contribution in [-0.2, 0) is 30.5 Å². The Morgan fingerprint density at radius 3 is 2.28 bits per heavy atom. The van der Waals surface area contributed by atoms with Crippen LogP contribution >= 0.6 is 22.7 Å². The first-order valence-corrected chi connectivity index (χ1v) is 26.5. The predicted molar refractivity (Wildman–Crippen MR) is 283 cm³/mol. The first-order chi connectivity index (χ1) is 34.0. The molecule has 8 N–H and O–H groups in total. The number of likely N-dealkylation sites (tertiary alicyclic amines) is 1. The summed E-state index contributed by atoms with van der Waals surface area (Å²) in [5.74, 6) is -1.32. The quantitative estimate of drug-likeness (QED) is 0.0212. The molecule has 0 radical (unpaired) electrons. The number of rotatable bonds is 28. The lowest BCUT2D eigenvalue weighted by Gasteiger charge is -2.25. The number of nitrogens with two attached hydrogens (primary N) is 1. The zero-order valence-corrected chi connectivity index (χ0v) is 43.7. The van der Waals surface area contributed by atoms with E-state index < -0.39 is 29.9 Å². The van der Waals surface area contributed by atoms with Gasteiger partial charge in [-0.3, -0.25) is 33.7 Å². The molecule has 1 aliphatic heterocycles. The van der Waals surface area contributed by atoms with Crippen molar-refractivity contribution in [3.63, 3.8) is 0 Å². The van der Waals surface area contributed by atoms with E-state index in [0.717, 1.165) is 45.8 Å². The van der Waals surface area contributed by atoms with Crippen LogP contribution in [0.15, 0.2) is 66.0 Å². The normalized spacial score (nSPS) is 14.8. The third-order valence-corrected chi connectivity index (χ3v) is 14.7. The first-order valence-electron chi connectivity index (χ1n) is 24.8. The van der Waals surface area contributed by atoms with Gasteiger partial charge in [-0.2, -0.15) is 0 Å². The molecule has 0 spiro atoms. The van der Waals surface area contributed by atoms with E-state index in [0.29, 0.717) is 60.8 Å². The van der Waals surface area contributed by atoms with Crippen molar-refractivity contribution in [2.45, 2.75) is 130 Å². The van der Waals surface area contributed by atoms with Crippen LogP contribution in [0.2, 0.25) is 0 Å². The summed E-state index contributed by atoms with van der Waals surface area (Å²) in [5, 5.41) is 20.6. The second-order valence-electron chi connectivity index (χ2n) is 18.8. The molecule has 8 amide bonds.